The first-order valence-corrected chi connectivity index (χ1v) is 11.2. The van der Waals surface area contributed by atoms with Crippen molar-refractivity contribution in [3.05, 3.63) is 88.3 Å². The summed E-state index contributed by atoms with van der Waals surface area (Å²) in [5.74, 6) is 1.81. The van der Waals surface area contributed by atoms with Gasteiger partial charge in [0.1, 0.15) is 12.4 Å². The summed E-state index contributed by atoms with van der Waals surface area (Å²) in [6, 6.07) is 21.1. The molecule has 0 spiro atoms. The van der Waals surface area contributed by atoms with Gasteiger partial charge in [-0.2, -0.15) is 0 Å². The molecule has 33 heavy (non-hydrogen) atoms. The van der Waals surface area contributed by atoms with Crippen molar-refractivity contribution in [3.63, 3.8) is 0 Å². The second-order valence-electron chi connectivity index (χ2n) is 7.37. The molecule has 0 aromatic heterocycles. The molecule has 7 heteroatoms. The fourth-order valence-electron chi connectivity index (χ4n) is 3.26. The Labute approximate surface area is 197 Å². The highest BCUT2D eigenvalue weighted by molar-refractivity contribution is 8.18. The molecule has 3 aromatic rings. The van der Waals surface area contributed by atoms with Crippen LogP contribution in [0.4, 0.5) is 5.69 Å². The predicted octanol–water partition coefficient (Wildman–Crippen LogP) is 5.48. The third-order valence-corrected chi connectivity index (χ3v) is 5.83. The third kappa shape index (κ3) is 5.75. The lowest BCUT2D eigenvalue weighted by molar-refractivity contribution is -0.115. The minimum Gasteiger partial charge on any atom is -0.497 e. The summed E-state index contributed by atoms with van der Waals surface area (Å²) in [7, 11) is 3.21. The Morgan fingerprint density at radius 3 is 2.52 bits per heavy atom. The number of hydrogen-bond acceptors (Lipinski definition) is 6. The van der Waals surface area contributed by atoms with Crippen LogP contribution in [0.2, 0.25) is 0 Å². The largest absolute Gasteiger partial charge is 0.497 e. The Hall–Kier alpha value is -3.71. The van der Waals surface area contributed by atoms with Crippen LogP contribution in [-0.2, 0) is 11.4 Å². The van der Waals surface area contributed by atoms with Gasteiger partial charge in [-0.05, 0) is 72.3 Å². The predicted molar refractivity (Wildman–Crippen MR) is 132 cm³/mol. The number of aliphatic imine (C=N–C) groups is 1. The van der Waals surface area contributed by atoms with Crippen molar-refractivity contribution in [2.45, 2.75) is 13.5 Å². The number of thioether (sulfide) groups is 1. The van der Waals surface area contributed by atoms with Gasteiger partial charge in [0.25, 0.3) is 5.91 Å². The number of benzene rings is 3. The van der Waals surface area contributed by atoms with Crippen LogP contribution in [0.25, 0.3) is 6.08 Å². The zero-order valence-corrected chi connectivity index (χ0v) is 19.4. The number of ether oxygens (including phenoxy) is 3. The molecule has 1 amide bonds. The molecular formula is C26H24N2O4S. The molecule has 6 nitrogen and oxygen atoms in total. The molecule has 3 aromatic carbocycles. The van der Waals surface area contributed by atoms with Gasteiger partial charge in [-0.1, -0.05) is 35.9 Å². The first kappa shape index (κ1) is 22.5. The van der Waals surface area contributed by atoms with Gasteiger partial charge >= 0.3 is 0 Å². The van der Waals surface area contributed by atoms with Crippen molar-refractivity contribution in [2.75, 3.05) is 14.2 Å². The standard InChI is InChI=1S/C26H24N2O4S/c1-17-5-4-6-19(13-17)16-32-22-12-7-18(14-23(22)31-3)15-24-25(29)28-26(33-24)27-20-8-10-21(30-2)11-9-20/h4-15H,16H2,1-3H3,(H,27,28,29)/b24-15-. The lowest BCUT2D eigenvalue weighted by atomic mass is 10.1. The lowest BCUT2D eigenvalue weighted by Crippen LogP contribution is -2.19. The molecule has 0 unspecified atom stereocenters. The number of methoxy groups -OCH3 is 2. The number of carbonyl (C=O) groups excluding carboxylic acids is 1. The Kier molecular flexibility index (Phi) is 7.00. The zero-order valence-electron chi connectivity index (χ0n) is 18.6. The van der Waals surface area contributed by atoms with Crippen molar-refractivity contribution < 1.29 is 19.0 Å². The average molecular weight is 461 g/mol. The number of rotatable bonds is 7. The van der Waals surface area contributed by atoms with Crippen LogP contribution < -0.4 is 19.5 Å². The van der Waals surface area contributed by atoms with Gasteiger partial charge in [-0.3, -0.25) is 4.79 Å². The second-order valence-corrected chi connectivity index (χ2v) is 8.40. The quantitative estimate of drug-likeness (QED) is 0.473. The summed E-state index contributed by atoms with van der Waals surface area (Å²) in [4.78, 5) is 17.5. The highest BCUT2D eigenvalue weighted by Gasteiger charge is 2.24. The van der Waals surface area contributed by atoms with Crippen molar-refractivity contribution in [2.24, 2.45) is 4.99 Å². The number of aryl methyl sites for hydroxylation is 1. The molecule has 0 aliphatic carbocycles. The fourth-order valence-corrected chi connectivity index (χ4v) is 4.10. The van der Waals surface area contributed by atoms with Gasteiger partial charge in [-0.25, -0.2) is 4.99 Å². The number of hydrogen-bond donors (Lipinski definition) is 1. The molecule has 0 atom stereocenters. The van der Waals surface area contributed by atoms with E-state index < -0.39 is 0 Å². The number of carbonyl (C=O) groups is 1. The second kappa shape index (κ2) is 10.3. The monoisotopic (exact) mass is 460 g/mol. The smallest absolute Gasteiger partial charge is 0.264 e. The molecular weight excluding hydrogens is 436 g/mol. The SMILES string of the molecule is COc1ccc(N=C2NC(=O)/C(=C/c3ccc(OCc4cccc(C)c4)c(OC)c3)S2)cc1. The summed E-state index contributed by atoms with van der Waals surface area (Å²) in [6.07, 6.45) is 1.81. The highest BCUT2D eigenvalue weighted by Crippen LogP contribution is 2.33. The maximum atomic E-state index is 12.4. The van der Waals surface area contributed by atoms with E-state index in [4.69, 9.17) is 14.2 Å². The van der Waals surface area contributed by atoms with E-state index in [1.165, 1.54) is 17.3 Å². The van der Waals surface area contributed by atoms with Gasteiger partial charge in [0.15, 0.2) is 16.7 Å². The fraction of sp³-hybridized carbons (Fsp3) is 0.154. The van der Waals surface area contributed by atoms with Gasteiger partial charge < -0.3 is 19.5 Å². The van der Waals surface area contributed by atoms with Crippen molar-refractivity contribution in [1.82, 2.24) is 5.32 Å². The summed E-state index contributed by atoms with van der Waals surface area (Å²) in [6.45, 7) is 2.50. The Morgan fingerprint density at radius 2 is 1.79 bits per heavy atom. The molecule has 0 saturated carbocycles. The molecule has 1 saturated heterocycles. The van der Waals surface area contributed by atoms with Crippen LogP contribution in [0.1, 0.15) is 16.7 Å². The number of amidine groups is 1. The molecule has 0 radical (unpaired) electrons. The first-order valence-electron chi connectivity index (χ1n) is 10.3. The Morgan fingerprint density at radius 1 is 0.970 bits per heavy atom. The maximum Gasteiger partial charge on any atom is 0.264 e. The molecule has 1 heterocycles. The molecule has 4 rings (SSSR count). The van der Waals surface area contributed by atoms with Gasteiger partial charge in [0.2, 0.25) is 0 Å². The van der Waals surface area contributed by atoms with E-state index in [1.807, 2.05) is 60.7 Å². The van der Waals surface area contributed by atoms with Crippen LogP contribution in [0.3, 0.4) is 0 Å². The topological polar surface area (TPSA) is 69.2 Å². The summed E-state index contributed by atoms with van der Waals surface area (Å²) < 4.78 is 16.6. The van der Waals surface area contributed by atoms with Gasteiger partial charge in [0.05, 0.1) is 24.8 Å². The first-order chi connectivity index (χ1) is 16.0. The molecule has 1 aliphatic rings. The van der Waals surface area contributed by atoms with Crippen molar-refractivity contribution >= 4 is 34.6 Å². The molecule has 1 fully saturated rings. The minimum absolute atomic E-state index is 0.189. The number of nitrogens with zero attached hydrogens (tertiary/aromatic N) is 1. The van der Waals surface area contributed by atoms with Crippen LogP contribution in [0, 0.1) is 6.92 Å². The van der Waals surface area contributed by atoms with E-state index >= 15 is 0 Å². The maximum absolute atomic E-state index is 12.4. The van der Waals surface area contributed by atoms with E-state index in [1.54, 1.807) is 14.2 Å². The van der Waals surface area contributed by atoms with E-state index in [2.05, 4.69) is 29.4 Å². The van der Waals surface area contributed by atoms with Crippen LogP contribution in [-0.4, -0.2) is 25.3 Å². The highest BCUT2D eigenvalue weighted by atomic mass is 32.2. The van der Waals surface area contributed by atoms with E-state index in [9.17, 15) is 4.79 Å². The molecule has 0 bridgehead atoms. The normalized spacial score (nSPS) is 15.5. The molecule has 1 N–H and O–H groups in total. The van der Waals surface area contributed by atoms with Crippen LogP contribution >= 0.6 is 11.8 Å². The average Bonchev–Trinajstić information content (AvgIpc) is 3.16. The lowest BCUT2D eigenvalue weighted by Gasteiger charge is -2.12. The number of nitrogens with one attached hydrogen (secondary N) is 1. The van der Waals surface area contributed by atoms with E-state index in [0.29, 0.717) is 28.2 Å². The van der Waals surface area contributed by atoms with Crippen molar-refractivity contribution in [1.29, 1.82) is 0 Å². The molecule has 168 valence electrons. The van der Waals surface area contributed by atoms with Crippen LogP contribution in [0.15, 0.2) is 76.6 Å². The van der Waals surface area contributed by atoms with Crippen molar-refractivity contribution in [3.8, 4) is 17.2 Å². The summed E-state index contributed by atoms with van der Waals surface area (Å²) in [5, 5.41) is 3.33. The molecule has 1 aliphatic heterocycles. The summed E-state index contributed by atoms with van der Waals surface area (Å²) in [5.41, 5.74) is 3.84. The van der Waals surface area contributed by atoms with Gasteiger partial charge in [-0.15, -0.1) is 0 Å². The third-order valence-electron chi connectivity index (χ3n) is 4.92. The minimum atomic E-state index is -0.189. The zero-order chi connectivity index (χ0) is 23.2. The Bertz CT molecular complexity index is 1220. The van der Waals surface area contributed by atoms with E-state index in [-0.39, 0.29) is 5.91 Å². The Balaban J connectivity index is 1.47. The summed E-state index contributed by atoms with van der Waals surface area (Å²) >= 11 is 1.29. The van der Waals surface area contributed by atoms with Crippen LogP contribution in [0.5, 0.6) is 17.2 Å². The number of amides is 1. The van der Waals surface area contributed by atoms with Gasteiger partial charge in [0, 0.05) is 0 Å². The van der Waals surface area contributed by atoms with E-state index in [0.717, 1.165) is 22.6 Å².